The van der Waals surface area contributed by atoms with E-state index < -0.39 is 17.8 Å². The number of esters is 1. The summed E-state index contributed by atoms with van der Waals surface area (Å²) in [5, 5.41) is 7.26. The number of anilines is 2. The van der Waals surface area contributed by atoms with Gasteiger partial charge in [-0.25, -0.2) is 4.79 Å². The molecule has 0 bridgehead atoms. The molecule has 0 fully saturated rings. The van der Waals surface area contributed by atoms with Gasteiger partial charge >= 0.3 is 5.97 Å². The molecule has 2 N–H and O–H groups in total. The molecular formula is C28H24N2O6. The smallest absolute Gasteiger partial charge is 0.337 e. The molecule has 182 valence electrons. The van der Waals surface area contributed by atoms with Gasteiger partial charge in [0, 0.05) is 5.69 Å². The fraction of sp³-hybridized carbons (Fsp3) is 0.107. The summed E-state index contributed by atoms with van der Waals surface area (Å²) in [7, 11) is 2.82. The zero-order valence-electron chi connectivity index (χ0n) is 19.7. The Morgan fingerprint density at radius 3 is 2.11 bits per heavy atom. The second-order valence-corrected chi connectivity index (χ2v) is 7.76. The molecule has 0 aliphatic heterocycles. The lowest BCUT2D eigenvalue weighted by atomic mass is 10.1. The quantitative estimate of drug-likeness (QED) is 0.345. The highest BCUT2D eigenvalue weighted by Gasteiger charge is 2.17. The maximum absolute atomic E-state index is 13.2. The summed E-state index contributed by atoms with van der Waals surface area (Å²) >= 11 is 0. The summed E-state index contributed by atoms with van der Waals surface area (Å²) < 4.78 is 15.8. The van der Waals surface area contributed by atoms with Crippen LogP contribution >= 0.6 is 0 Å². The normalized spacial score (nSPS) is 10.4. The number of hydrogen-bond donors (Lipinski definition) is 2. The summed E-state index contributed by atoms with van der Waals surface area (Å²) in [6.07, 6.45) is 0. The van der Waals surface area contributed by atoms with E-state index in [1.54, 1.807) is 60.7 Å². The molecule has 36 heavy (non-hydrogen) atoms. The van der Waals surface area contributed by atoms with E-state index in [4.69, 9.17) is 9.47 Å². The first-order valence-corrected chi connectivity index (χ1v) is 11.1. The monoisotopic (exact) mass is 484 g/mol. The van der Waals surface area contributed by atoms with Gasteiger partial charge in [0.25, 0.3) is 11.8 Å². The van der Waals surface area contributed by atoms with Crippen LogP contribution in [0, 0.1) is 0 Å². The van der Waals surface area contributed by atoms with Gasteiger partial charge in [-0.05, 0) is 59.3 Å². The van der Waals surface area contributed by atoms with E-state index in [0.717, 1.165) is 10.8 Å². The fourth-order valence-corrected chi connectivity index (χ4v) is 3.60. The number of para-hydroxylation sites is 2. The van der Waals surface area contributed by atoms with Crippen molar-refractivity contribution in [1.29, 1.82) is 0 Å². The van der Waals surface area contributed by atoms with Crippen LogP contribution in [0.1, 0.15) is 20.7 Å². The van der Waals surface area contributed by atoms with E-state index >= 15 is 0 Å². The molecule has 4 aromatic rings. The second-order valence-electron chi connectivity index (χ2n) is 7.76. The number of fused-ring (bicyclic) bond motifs is 1. The highest BCUT2D eigenvalue weighted by atomic mass is 16.5. The first kappa shape index (κ1) is 24.3. The molecule has 0 radical (unpaired) electrons. The number of ether oxygens (including phenoxy) is 3. The Bertz CT molecular complexity index is 1420. The lowest BCUT2D eigenvalue weighted by Crippen LogP contribution is -2.21. The molecule has 4 aromatic carbocycles. The molecule has 0 saturated carbocycles. The van der Waals surface area contributed by atoms with Crippen molar-refractivity contribution in [2.45, 2.75) is 0 Å². The van der Waals surface area contributed by atoms with Crippen LogP contribution < -0.4 is 20.1 Å². The standard InChI is InChI=1S/C28H24N2O6/c1-34-24-10-6-5-9-23(24)30-27(32)22-15-19-7-3-4-8-20(19)16-25(22)36-17-26(31)29-21-13-11-18(12-14-21)28(33)35-2/h3-16H,17H2,1-2H3,(H,29,31)(H,30,32). The number of amides is 2. The second kappa shape index (κ2) is 11.1. The maximum Gasteiger partial charge on any atom is 0.337 e. The van der Waals surface area contributed by atoms with E-state index in [0.29, 0.717) is 22.7 Å². The Balaban J connectivity index is 1.52. The van der Waals surface area contributed by atoms with Gasteiger partial charge < -0.3 is 24.8 Å². The van der Waals surface area contributed by atoms with Crippen LogP contribution in [0.4, 0.5) is 11.4 Å². The molecule has 4 rings (SSSR count). The lowest BCUT2D eigenvalue weighted by molar-refractivity contribution is -0.118. The number of carbonyl (C=O) groups excluding carboxylic acids is 3. The molecular weight excluding hydrogens is 460 g/mol. The largest absolute Gasteiger partial charge is 0.495 e. The summed E-state index contributed by atoms with van der Waals surface area (Å²) in [6.45, 7) is -0.327. The number of rotatable bonds is 8. The third-order valence-electron chi connectivity index (χ3n) is 5.40. The minimum absolute atomic E-state index is 0.261. The van der Waals surface area contributed by atoms with Crippen LogP contribution in [-0.4, -0.2) is 38.6 Å². The minimum Gasteiger partial charge on any atom is -0.495 e. The Morgan fingerprint density at radius 1 is 0.750 bits per heavy atom. The van der Waals surface area contributed by atoms with Crippen LogP contribution in [0.3, 0.4) is 0 Å². The Kier molecular flexibility index (Phi) is 7.45. The van der Waals surface area contributed by atoms with Crippen LogP contribution in [-0.2, 0) is 9.53 Å². The fourth-order valence-electron chi connectivity index (χ4n) is 3.60. The number of carbonyl (C=O) groups is 3. The highest BCUT2D eigenvalue weighted by Crippen LogP contribution is 2.29. The average Bonchev–Trinajstić information content (AvgIpc) is 2.91. The Morgan fingerprint density at radius 2 is 1.42 bits per heavy atom. The summed E-state index contributed by atoms with van der Waals surface area (Å²) in [5.74, 6) is -0.514. The van der Waals surface area contributed by atoms with E-state index in [1.807, 2.05) is 24.3 Å². The van der Waals surface area contributed by atoms with Crippen molar-refractivity contribution < 1.29 is 28.6 Å². The topological polar surface area (TPSA) is 103 Å². The summed E-state index contributed by atoms with van der Waals surface area (Å²) in [5.41, 5.74) is 1.64. The van der Waals surface area contributed by atoms with E-state index in [-0.39, 0.29) is 17.9 Å². The predicted molar refractivity (Wildman–Crippen MR) is 137 cm³/mol. The molecule has 0 saturated heterocycles. The highest BCUT2D eigenvalue weighted by molar-refractivity contribution is 6.09. The van der Waals surface area contributed by atoms with Gasteiger partial charge in [0.2, 0.25) is 0 Å². The van der Waals surface area contributed by atoms with Crippen molar-refractivity contribution in [2.75, 3.05) is 31.5 Å². The number of nitrogens with one attached hydrogen (secondary N) is 2. The average molecular weight is 485 g/mol. The predicted octanol–water partition coefficient (Wildman–Crippen LogP) is 4.90. The third-order valence-corrected chi connectivity index (χ3v) is 5.40. The van der Waals surface area contributed by atoms with Crippen molar-refractivity contribution in [3.05, 3.63) is 96.1 Å². The van der Waals surface area contributed by atoms with Crippen molar-refractivity contribution >= 4 is 39.9 Å². The zero-order valence-corrected chi connectivity index (χ0v) is 19.7. The van der Waals surface area contributed by atoms with Gasteiger partial charge in [-0.15, -0.1) is 0 Å². The number of methoxy groups -OCH3 is 2. The number of benzene rings is 4. The Labute approximate surface area is 207 Å². The summed E-state index contributed by atoms with van der Waals surface area (Å²) in [4.78, 5) is 37.3. The SMILES string of the molecule is COC(=O)c1ccc(NC(=O)COc2cc3ccccc3cc2C(=O)Nc2ccccc2OC)cc1. The van der Waals surface area contributed by atoms with Gasteiger partial charge in [0.05, 0.1) is 31.0 Å². The van der Waals surface area contributed by atoms with Gasteiger partial charge in [-0.3, -0.25) is 9.59 Å². The van der Waals surface area contributed by atoms with Crippen molar-refractivity contribution in [3.63, 3.8) is 0 Å². The third kappa shape index (κ3) is 5.61. The Hall–Kier alpha value is -4.85. The van der Waals surface area contributed by atoms with Crippen molar-refractivity contribution in [1.82, 2.24) is 0 Å². The molecule has 0 aromatic heterocycles. The maximum atomic E-state index is 13.2. The zero-order chi connectivity index (χ0) is 25.5. The van der Waals surface area contributed by atoms with Crippen molar-refractivity contribution in [2.24, 2.45) is 0 Å². The molecule has 0 unspecified atom stereocenters. The molecule has 0 heterocycles. The molecule has 0 aliphatic carbocycles. The number of hydrogen-bond acceptors (Lipinski definition) is 6. The van der Waals surface area contributed by atoms with Gasteiger partial charge in [0.15, 0.2) is 6.61 Å². The van der Waals surface area contributed by atoms with E-state index in [9.17, 15) is 14.4 Å². The minimum atomic E-state index is -0.466. The first-order chi connectivity index (χ1) is 17.5. The van der Waals surface area contributed by atoms with E-state index in [2.05, 4.69) is 15.4 Å². The van der Waals surface area contributed by atoms with Crippen LogP contribution in [0.2, 0.25) is 0 Å². The molecule has 8 heteroatoms. The first-order valence-electron chi connectivity index (χ1n) is 11.1. The van der Waals surface area contributed by atoms with Crippen LogP contribution in [0.15, 0.2) is 84.9 Å². The van der Waals surface area contributed by atoms with Gasteiger partial charge in [-0.2, -0.15) is 0 Å². The molecule has 0 atom stereocenters. The van der Waals surface area contributed by atoms with Gasteiger partial charge in [-0.1, -0.05) is 36.4 Å². The lowest BCUT2D eigenvalue weighted by Gasteiger charge is -2.15. The van der Waals surface area contributed by atoms with Crippen LogP contribution in [0.5, 0.6) is 11.5 Å². The molecule has 0 aliphatic rings. The summed E-state index contributed by atoms with van der Waals surface area (Å²) in [6, 6.07) is 24.3. The van der Waals surface area contributed by atoms with Gasteiger partial charge in [0.1, 0.15) is 11.5 Å². The molecule has 0 spiro atoms. The van der Waals surface area contributed by atoms with E-state index in [1.165, 1.54) is 14.2 Å². The molecule has 2 amide bonds. The molecule has 8 nitrogen and oxygen atoms in total. The van der Waals surface area contributed by atoms with Crippen LogP contribution in [0.25, 0.3) is 10.8 Å². The van der Waals surface area contributed by atoms with Crippen molar-refractivity contribution in [3.8, 4) is 11.5 Å².